The number of nitrogens with zero attached hydrogens (tertiary/aromatic N) is 2. The summed E-state index contributed by atoms with van der Waals surface area (Å²) in [5, 5.41) is 10.4. The van der Waals surface area contributed by atoms with Crippen LogP contribution < -0.4 is 16.2 Å². The Morgan fingerprint density at radius 1 is 1.58 bits per heavy atom. The molecule has 1 aliphatic heterocycles. The maximum atomic E-state index is 11.6. The minimum atomic E-state index is -0.300. The van der Waals surface area contributed by atoms with E-state index in [-0.39, 0.29) is 10.6 Å². The van der Waals surface area contributed by atoms with Crippen LogP contribution in [-0.2, 0) is 11.8 Å². The first-order chi connectivity index (χ1) is 9.18. The molecule has 0 aromatic carbocycles. The fraction of sp³-hybridized carbons (Fsp3) is 0.667. The van der Waals surface area contributed by atoms with Crippen molar-refractivity contribution < 1.29 is 4.74 Å². The van der Waals surface area contributed by atoms with Gasteiger partial charge in [0.05, 0.1) is 24.6 Å². The summed E-state index contributed by atoms with van der Waals surface area (Å²) in [6, 6.07) is 0. The first kappa shape index (κ1) is 14.3. The Morgan fingerprint density at radius 2 is 2.32 bits per heavy atom. The zero-order chi connectivity index (χ0) is 13.7. The summed E-state index contributed by atoms with van der Waals surface area (Å²) >= 11 is 5.94. The van der Waals surface area contributed by atoms with Crippen LogP contribution in [0.3, 0.4) is 0 Å². The van der Waals surface area contributed by atoms with E-state index >= 15 is 0 Å². The lowest BCUT2D eigenvalue weighted by Crippen LogP contribution is -2.33. The topological polar surface area (TPSA) is 68.2 Å². The number of halogens is 1. The van der Waals surface area contributed by atoms with E-state index in [1.165, 1.54) is 4.68 Å². The third-order valence-corrected chi connectivity index (χ3v) is 3.50. The van der Waals surface area contributed by atoms with Crippen LogP contribution in [0.15, 0.2) is 11.0 Å². The van der Waals surface area contributed by atoms with Crippen molar-refractivity contribution in [3.05, 3.63) is 21.6 Å². The summed E-state index contributed by atoms with van der Waals surface area (Å²) in [6.45, 7) is 3.24. The molecule has 0 radical (unpaired) electrons. The summed E-state index contributed by atoms with van der Waals surface area (Å²) in [4.78, 5) is 11.6. The number of hydrogen-bond acceptors (Lipinski definition) is 5. The number of ether oxygens (including phenoxy) is 1. The highest BCUT2D eigenvalue weighted by atomic mass is 35.5. The quantitative estimate of drug-likeness (QED) is 0.777. The van der Waals surface area contributed by atoms with E-state index in [2.05, 4.69) is 15.7 Å². The monoisotopic (exact) mass is 286 g/mol. The Bertz CT molecular complexity index is 471. The molecule has 7 heteroatoms. The largest absolute Gasteiger partial charge is 0.380 e. The Kier molecular flexibility index (Phi) is 5.18. The average Bonchev–Trinajstić information content (AvgIpc) is 2.44. The van der Waals surface area contributed by atoms with E-state index in [0.29, 0.717) is 24.9 Å². The summed E-state index contributed by atoms with van der Waals surface area (Å²) in [6.07, 6.45) is 3.98. The van der Waals surface area contributed by atoms with E-state index in [9.17, 15) is 4.79 Å². The highest BCUT2D eigenvalue weighted by molar-refractivity contribution is 6.32. The first-order valence-corrected chi connectivity index (χ1v) is 6.84. The number of hydrogen-bond donors (Lipinski definition) is 2. The molecule has 19 heavy (non-hydrogen) atoms. The normalized spacial score (nSPS) is 16.5. The van der Waals surface area contributed by atoms with Crippen molar-refractivity contribution in [2.45, 2.75) is 18.9 Å². The smallest absolute Gasteiger partial charge is 0.287 e. The van der Waals surface area contributed by atoms with Crippen LogP contribution in [0, 0.1) is 0 Å². The molecule has 0 atom stereocenters. The molecular weight excluding hydrogens is 268 g/mol. The standard InChI is InChI=1S/C12H19ClN4O2/c1-17-12(18)11(13)10(8-16-17)15-6-7-19-9-2-4-14-5-3-9/h8-9,14-15H,2-7H2,1H3. The van der Waals surface area contributed by atoms with Gasteiger partial charge in [-0.3, -0.25) is 4.79 Å². The lowest BCUT2D eigenvalue weighted by atomic mass is 10.1. The minimum Gasteiger partial charge on any atom is -0.380 e. The molecule has 2 heterocycles. The summed E-state index contributed by atoms with van der Waals surface area (Å²) in [5.41, 5.74) is 0.254. The average molecular weight is 287 g/mol. The third-order valence-electron chi connectivity index (χ3n) is 3.14. The molecule has 0 amide bonds. The van der Waals surface area contributed by atoms with Crippen LogP contribution in [0.1, 0.15) is 12.8 Å². The van der Waals surface area contributed by atoms with Gasteiger partial charge in [-0.05, 0) is 25.9 Å². The van der Waals surface area contributed by atoms with Crippen molar-refractivity contribution in [3.63, 3.8) is 0 Å². The molecule has 1 aromatic heterocycles. The molecule has 2 N–H and O–H groups in total. The molecule has 0 bridgehead atoms. The van der Waals surface area contributed by atoms with Crippen LogP contribution in [0.4, 0.5) is 5.69 Å². The zero-order valence-electron chi connectivity index (χ0n) is 11.0. The molecule has 1 saturated heterocycles. The van der Waals surface area contributed by atoms with Gasteiger partial charge < -0.3 is 15.4 Å². The molecule has 106 valence electrons. The van der Waals surface area contributed by atoms with Crippen LogP contribution >= 0.6 is 11.6 Å². The highest BCUT2D eigenvalue weighted by Gasteiger charge is 2.13. The Hall–Kier alpha value is -1.11. The number of piperidine rings is 1. The minimum absolute atomic E-state index is 0.166. The van der Waals surface area contributed by atoms with E-state index in [0.717, 1.165) is 25.9 Å². The van der Waals surface area contributed by atoms with Crippen LogP contribution in [-0.4, -0.2) is 42.1 Å². The molecule has 1 fully saturated rings. The van der Waals surface area contributed by atoms with Crippen molar-refractivity contribution in [2.24, 2.45) is 7.05 Å². The maximum absolute atomic E-state index is 11.6. The zero-order valence-corrected chi connectivity index (χ0v) is 11.7. The van der Waals surface area contributed by atoms with Gasteiger partial charge in [-0.25, -0.2) is 4.68 Å². The highest BCUT2D eigenvalue weighted by Crippen LogP contribution is 2.14. The van der Waals surface area contributed by atoms with Gasteiger partial charge in [0, 0.05) is 13.6 Å². The number of anilines is 1. The fourth-order valence-corrected chi connectivity index (χ4v) is 2.25. The molecule has 0 spiro atoms. The van der Waals surface area contributed by atoms with Gasteiger partial charge in [0.25, 0.3) is 5.56 Å². The predicted molar refractivity (Wildman–Crippen MR) is 74.8 cm³/mol. The van der Waals surface area contributed by atoms with E-state index in [1.54, 1.807) is 13.2 Å². The van der Waals surface area contributed by atoms with E-state index in [1.807, 2.05) is 0 Å². The Morgan fingerprint density at radius 3 is 3.05 bits per heavy atom. The number of aromatic nitrogens is 2. The van der Waals surface area contributed by atoms with E-state index in [4.69, 9.17) is 16.3 Å². The van der Waals surface area contributed by atoms with Crippen LogP contribution in [0.5, 0.6) is 0 Å². The summed E-state index contributed by atoms with van der Waals surface area (Å²) in [5.74, 6) is 0. The lowest BCUT2D eigenvalue weighted by molar-refractivity contribution is 0.0394. The lowest BCUT2D eigenvalue weighted by Gasteiger charge is -2.23. The number of rotatable bonds is 5. The van der Waals surface area contributed by atoms with Crippen LogP contribution in [0.2, 0.25) is 5.02 Å². The second kappa shape index (κ2) is 6.88. The second-order valence-electron chi connectivity index (χ2n) is 4.55. The molecule has 1 aliphatic rings. The van der Waals surface area contributed by atoms with Gasteiger partial charge in [-0.1, -0.05) is 11.6 Å². The van der Waals surface area contributed by atoms with Gasteiger partial charge in [0.1, 0.15) is 5.02 Å². The molecule has 0 saturated carbocycles. The molecule has 0 aliphatic carbocycles. The van der Waals surface area contributed by atoms with Crippen molar-refractivity contribution in [1.82, 2.24) is 15.1 Å². The molecule has 6 nitrogen and oxygen atoms in total. The molecule has 1 aromatic rings. The summed E-state index contributed by atoms with van der Waals surface area (Å²) in [7, 11) is 1.57. The predicted octanol–water partition coefficient (Wildman–Crippen LogP) is 0.614. The van der Waals surface area contributed by atoms with Gasteiger partial charge in [0.2, 0.25) is 0 Å². The van der Waals surface area contributed by atoms with Gasteiger partial charge in [0.15, 0.2) is 0 Å². The third kappa shape index (κ3) is 3.92. The SMILES string of the molecule is Cn1ncc(NCCOC2CCNCC2)c(Cl)c1=O. The van der Waals surface area contributed by atoms with Gasteiger partial charge in [-0.15, -0.1) is 0 Å². The van der Waals surface area contributed by atoms with Crippen molar-refractivity contribution in [3.8, 4) is 0 Å². The van der Waals surface area contributed by atoms with Crippen molar-refractivity contribution in [2.75, 3.05) is 31.6 Å². The van der Waals surface area contributed by atoms with Crippen LogP contribution in [0.25, 0.3) is 0 Å². The number of aryl methyl sites for hydroxylation is 1. The maximum Gasteiger partial charge on any atom is 0.287 e. The number of nitrogens with one attached hydrogen (secondary N) is 2. The molecule has 0 unspecified atom stereocenters. The molecule has 2 rings (SSSR count). The summed E-state index contributed by atoms with van der Waals surface area (Å²) < 4.78 is 6.96. The Labute approximate surface area is 117 Å². The van der Waals surface area contributed by atoms with E-state index < -0.39 is 0 Å². The van der Waals surface area contributed by atoms with Gasteiger partial charge >= 0.3 is 0 Å². The van der Waals surface area contributed by atoms with Crippen molar-refractivity contribution >= 4 is 17.3 Å². The van der Waals surface area contributed by atoms with Gasteiger partial charge in [-0.2, -0.15) is 5.10 Å². The molecular formula is C12H19ClN4O2. The van der Waals surface area contributed by atoms with Crippen molar-refractivity contribution in [1.29, 1.82) is 0 Å². The fourth-order valence-electron chi connectivity index (χ4n) is 2.01. The second-order valence-corrected chi connectivity index (χ2v) is 4.93. The Balaban J connectivity index is 1.76. The first-order valence-electron chi connectivity index (χ1n) is 6.46.